The molecule has 0 spiro atoms. The van der Waals surface area contributed by atoms with E-state index in [0.717, 1.165) is 12.8 Å². The Hall–Kier alpha value is -1.56. The van der Waals surface area contributed by atoms with E-state index in [2.05, 4.69) is 22.0 Å². The van der Waals surface area contributed by atoms with Gasteiger partial charge in [-0.2, -0.15) is 0 Å². The quantitative estimate of drug-likeness (QED) is 0.803. The Labute approximate surface area is 101 Å². The first-order valence-electron chi connectivity index (χ1n) is 5.57. The molecule has 0 saturated heterocycles. The first kappa shape index (κ1) is 11.9. The number of hydrogen-bond donors (Lipinski definition) is 2. The van der Waals surface area contributed by atoms with Crippen molar-refractivity contribution in [3.05, 3.63) is 24.3 Å². The predicted octanol–water partition coefficient (Wildman–Crippen LogP) is 1.55. The van der Waals surface area contributed by atoms with Crippen molar-refractivity contribution < 1.29 is 8.42 Å². The third-order valence-corrected chi connectivity index (χ3v) is 3.84. The molecule has 0 radical (unpaired) electrons. The summed E-state index contributed by atoms with van der Waals surface area (Å²) in [5.74, 6) is 0.303. The van der Waals surface area contributed by atoms with E-state index in [-0.39, 0.29) is 4.90 Å². The summed E-state index contributed by atoms with van der Waals surface area (Å²) in [7, 11) is -3.47. The first-order valence-corrected chi connectivity index (χ1v) is 7.05. The van der Waals surface area contributed by atoms with Crippen molar-refractivity contribution >= 4 is 21.7 Å². The van der Waals surface area contributed by atoms with Gasteiger partial charge in [-0.25, -0.2) is 13.1 Å². The van der Waals surface area contributed by atoms with Gasteiger partial charge in [0.05, 0.1) is 5.69 Å². The number of fused-ring (bicyclic) bond motifs is 1. The van der Waals surface area contributed by atoms with Gasteiger partial charge in [0, 0.05) is 6.54 Å². The van der Waals surface area contributed by atoms with Gasteiger partial charge in [-0.05, 0) is 18.6 Å². The van der Waals surface area contributed by atoms with Gasteiger partial charge in [-0.15, -0.1) is 0 Å². The Morgan fingerprint density at radius 1 is 1.29 bits per heavy atom. The number of sulfonamides is 1. The van der Waals surface area contributed by atoms with Gasteiger partial charge in [-0.1, -0.05) is 25.5 Å². The summed E-state index contributed by atoms with van der Waals surface area (Å²) in [5, 5.41) is 2.97. The fourth-order valence-electron chi connectivity index (χ4n) is 1.56. The molecule has 0 bridgehead atoms. The van der Waals surface area contributed by atoms with Crippen LogP contribution in [0.1, 0.15) is 19.8 Å². The van der Waals surface area contributed by atoms with Crippen LogP contribution in [0.15, 0.2) is 34.2 Å². The lowest BCUT2D eigenvalue weighted by Crippen LogP contribution is -2.40. The van der Waals surface area contributed by atoms with E-state index in [9.17, 15) is 8.42 Å². The maximum atomic E-state index is 11.9. The standard InChI is InChI=1S/C11H15N3O2S/c1-2-3-8-12-11-13-9-6-4-5-7-10(9)17(15,16)14-11/h4-7H,2-3,8H2,1H3,(H2,12,13,14). The van der Waals surface area contributed by atoms with Crippen molar-refractivity contribution in [2.45, 2.75) is 24.7 Å². The summed E-state index contributed by atoms with van der Waals surface area (Å²) in [6.07, 6.45) is 1.97. The van der Waals surface area contributed by atoms with E-state index in [0.29, 0.717) is 18.2 Å². The second-order valence-corrected chi connectivity index (χ2v) is 5.46. The molecule has 0 amide bonds. The average molecular weight is 253 g/mol. The monoisotopic (exact) mass is 253 g/mol. The molecule has 0 unspecified atom stereocenters. The molecule has 1 aliphatic rings. The number of nitrogens with one attached hydrogen (secondary N) is 2. The summed E-state index contributed by atoms with van der Waals surface area (Å²) in [5.41, 5.74) is 0.571. The van der Waals surface area contributed by atoms with Crippen LogP contribution in [0, 0.1) is 0 Å². The highest BCUT2D eigenvalue weighted by Gasteiger charge is 2.25. The molecule has 2 N–H and O–H groups in total. The molecular formula is C11H15N3O2S. The highest BCUT2D eigenvalue weighted by molar-refractivity contribution is 7.90. The lowest BCUT2D eigenvalue weighted by atomic mass is 10.3. The maximum Gasteiger partial charge on any atom is 0.266 e. The lowest BCUT2D eigenvalue weighted by molar-refractivity contribution is 0.591. The molecule has 1 aliphatic heterocycles. The second-order valence-electron chi connectivity index (χ2n) is 3.81. The van der Waals surface area contributed by atoms with Gasteiger partial charge >= 0.3 is 0 Å². The Morgan fingerprint density at radius 3 is 2.82 bits per heavy atom. The minimum Gasteiger partial charge on any atom is -0.324 e. The third kappa shape index (κ3) is 2.58. The van der Waals surface area contributed by atoms with E-state index in [1.54, 1.807) is 24.3 Å². The number of benzene rings is 1. The second kappa shape index (κ2) is 4.75. The zero-order chi connectivity index (χ0) is 12.3. The molecule has 2 rings (SSSR count). The minimum atomic E-state index is -3.47. The van der Waals surface area contributed by atoms with Crippen molar-refractivity contribution in [3.8, 4) is 0 Å². The number of para-hydroxylation sites is 1. The van der Waals surface area contributed by atoms with Crippen LogP contribution < -0.4 is 10.0 Å². The van der Waals surface area contributed by atoms with Crippen LogP contribution in [0.3, 0.4) is 0 Å². The van der Waals surface area contributed by atoms with Crippen LogP contribution in [-0.4, -0.2) is 20.9 Å². The van der Waals surface area contributed by atoms with Gasteiger partial charge in [-0.3, -0.25) is 4.99 Å². The Kier molecular flexibility index (Phi) is 3.33. The molecule has 0 aliphatic carbocycles. The molecule has 0 atom stereocenters. The Morgan fingerprint density at radius 2 is 2.06 bits per heavy atom. The molecule has 0 aromatic heterocycles. The zero-order valence-corrected chi connectivity index (χ0v) is 10.4. The van der Waals surface area contributed by atoms with Crippen molar-refractivity contribution in [1.29, 1.82) is 0 Å². The lowest BCUT2D eigenvalue weighted by Gasteiger charge is -2.21. The van der Waals surface area contributed by atoms with Crippen LogP contribution in [0.2, 0.25) is 0 Å². The molecule has 6 heteroatoms. The van der Waals surface area contributed by atoms with Crippen molar-refractivity contribution in [1.82, 2.24) is 4.72 Å². The van der Waals surface area contributed by atoms with E-state index < -0.39 is 10.0 Å². The van der Waals surface area contributed by atoms with Crippen molar-refractivity contribution in [2.75, 3.05) is 11.9 Å². The summed E-state index contributed by atoms with van der Waals surface area (Å²) >= 11 is 0. The van der Waals surface area contributed by atoms with Crippen molar-refractivity contribution in [2.24, 2.45) is 4.99 Å². The number of rotatable bonds is 3. The molecule has 1 heterocycles. The topological polar surface area (TPSA) is 70.6 Å². The zero-order valence-electron chi connectivity index (χ0n) is 9.60. The smallest absolute Gasteiger partial charge is 0.266 e. The van der Waals surface area contributed by atoms with Crippen LogP contribution in [-0.2, 0) is 10.0 Å². The Bertz CT molecular complexity index is 537. The minimum absolute atomic E-state index is 0.259. The number of nitrogens with zero attached hydrogens (tertiary/aromatic N) is 1. The van der Waals surface area contributed by atoms with Gasteiger partial charge in [0.15, 0.2) is 0 Å². The van der Waals surface area contributed by atoms with Crippen LogP contribution in [0.4, 0.5) is 5.69 Å². The van der Waals surface area contributed by atoms with Crippen LogP contribution in [0.5, 0.6) is 0 Å². The summed E-state index contributed by atoms with van der Waals surface area (Å²) < 4.78 is 26.2. The molecule has 92 valence electrons. The summed E-state index contributed by atoms with van der Waals surface area (Å²) in [6.45, 7) is 2.68. The molecule has 0 fully saturated rings. The van der Waals surface area contributed by atoms with Gasteiger partial charge in [0.2, 0.25) is 5.96 Å². The van der Waals surface area contributed by atoms with Gasteiger partial charge in [0.1, 0.15) is 4.90 Å². The van der Waals surface area contributed by atoms with E-state index in [4.69, 9.17) is 0 Å². The largest absolute Gasteiger partial charge is 0.324 e. The number of hydrogen-bond acceptors (Lipinski definition) is 3. The Balaban J connectivity index is 2.29. The molecule has 5 nitrogen and oxygen atoms in total. The maximum absolute atomic E-state index is 11.9. The third-order valence-electron chi connectivity index (χ3n) is 2.44. The summed E-state index contributed by atoms with van der Waals surface area (Å²) in [6, 6.07) is 6.77. The molecule has 17 heavy (non-hydrogen) atoms. The van der Waals surface area contributed by atoms with E-state index in [1.165, 1.54) is 0 Å². The van der Waals surface area contributed by atoms with E-state index >= 15 is 0 Å². The van der Waals surface area contributed by atoms with Crippen LogP contribution in [0.25, 0.3) is 0 Å². The molecular weight excluding hydrogens is 238 g/mol. The van der Waals surface area contributed by atoms with Gasteiger partial charge in [0.25, 0.3) is 10.0 Å². The SMILES string of the molecule is CCCCN=C1Nc2ccccc2S(=O)(=O)N1. The molecule has 1 aromatic carbocycles. The summed E-state index contributed by atoms with van der Waals surface area (Å²) in [4.78, 5) is 4.44. The predicted molar refractivity (Wildman–Crippen MR) is 67.6 cm³/mol. The fraction of sp³-hybridized carbons (Fsp3) is 0.364. The molecule has 0 saturated carbocycles. The first-order chi connectivity index (χ1) is 8.13. The average Bonchev–Trinajstić information content (AvgIpc) is 2.29. The van der Waals surface area contributed by atoms with E-state index in [1.807, 2.05) is 0 Å². The van der Waals surface area contributed by atoms with Crippen LogP contribution >= 0.6 is 0 Å². The number of aliphatic imine (C=N–C) groups is 1. The van der Waals surface area contributed by atoms with Gasteiger partial charge < -0.3 is 5.32 Å². The highest BCUT2D eigenvalue weighted by atomic mass is 32.2. The molecule has 1 aromatic rings. The number of unbranched alkanes of at least 4 members (excludes halogenated alkanes) is 1. The normalized spacial score (nSPS) is 19.2. The number of anilines is 1. The number of guanidine groups is 1. The fourth-order valence-corrected chi connectivity index (χ4v) is 2.71. The van der Waals surface area contributed by atoms with Crippen molar-refractivity contribution in [3.63, 3.8) is 0 Å². The highest BCUT2D eigenvalue weighted by Crippen LogP contribution is 2.23.